The van der Waals surface area contributed by atoms with Crippen LogP contribution in [0.1, 0.15) is 25.7 Å². The molecule has 2 fully saturated rings. The van der Waals surface area contributed by atoms with Crippen LogP contribution in [0.4, 0.5) is 0 Å². The van der Waals surface area contributed by atoms with Gasteiger partial charge in [-0.05, 0) is 12.8 Å². The molecule has 1 heterocycles. The van der Waals surface area contributed by atoms with Crippen LogP contribution in [-0.4, -0.2) is 23.8 Å². The maximum atomic E-state index is 11.5. The average molecular weight is 167 g/mol. The Balaban J connectivity index is 2.25. The highest BCUT2D eigenvalue weighted by molar-refractivity contribution is 6.04. The van der Waals surface area contributed by atoms with Crippen LogP contribution in [0.3, 0.4) is 0 Å². The van der Waals surface area contributed by atoms with Crippen LogP contribution in [0.5, 0.6) is 0 Å². The Kier molecular flexibility index (Phi) is 1.67. The number of likely N-dealkylation sites (tertiary alicyclic amines) is 1. The number of nitrogens with zero attached hydrogens (tertiary/aromatic N) is 1. The summed E-state index contributed by atoms with van der Waals surface area (Å²) in [4.78, 5) is 24.2. The molecule has 0 aromatic carbocycles. The van der Waals surface area contributed by atoms with Gasteiger partial charge < -0.3 is 0 Å². The first kappa shape index (κ1) is 7.77. The minimum absolute atomic E-state index is 0.0243. The van der Waals surface area contributed by atoms with E-state index in [1.54, 1.807) is 7.05 Å². The third-order valence-electron chi connectivity index (χ3n) is 3.06. The van der Waals surface area contributed by atoms with E-state index < -0.39 is 0 Å². The largest absolute Gasteiger partial charge is 0.285 e. The van der Waals surface area contributed by atoms with Crippen molar-refractivity contribution in [1.29, 1.82) is 0 Å². The number of hydrogen-bond donors (Lipinski definition) is 0. The third kappa shape index (κ3) is 0.886. The summed E-state index contributed by atoms with van der Waals surface area (Å²) in [6, 6.07) is 0. The molecule has 0 spiro atoms. The molecule has 2 aliphatic rings. The fraction of sp³-hybridized carbons (Fsp3) is 0.778. The normalized spacial score (nSPS) is 35.6. The lowest BCUT2D eigenvalue weighted by atomic mass is 9.81. The van der Waals surface area contributed by atoms with Gasteiger partial charge in [-0.15, -0.1) is 0 Å². The van der Waals surface area contributed by atoms with Crippen molar-refractivity contribution in [2.45, 2.75) is 25.7 Å². The second-order valence-corrected chi connectivity index (χ2v) is 3.73. The molecular weight excluding hydrogens is 154 g/mol. The van der Waals surface area contributed by atoms with Gasteiger partial charge in [0.15, 0.2) is 0 Å². The Morgan fingerprint density at radius 2 is 1.50 bits per heavy atom. The smallest absolute Gasteiger partial charge is 0.232 e. The van der Waals surface area contributed by atoms with Gasteiger partial charge in [-0.3, -0.25) is 14.5 Å². The molecule has 0 unspecified atom stereocenters. The summed E-state index contributed by atoms with van der Waals surface area (Å²) < 4.78 is 0. The molecule has 1 aliphatic heterocycles. The molecule has 0 N–H and O–H groups in total. The number of carbonyl (C=O) groups excluding carboxylic acids is 2. The highest BCUT2D eigenvalue weighted by Crippen LogP contribution is 2.37. The Bertz CT molecular complexity index is 213. The van der Waals surface area contributed by atoms with E-state index in [-0.39, 0.29) is 23.7 Å². The lowest BCUT2D eigenvalue weighted by molar-refractivity contribution is -0.138. The highest BCUT2D eigenvalue weighted by atomic mass is 16.2. The lowest BCUT2D eigenvalue weighted by Crippen LogP contribution is -2.25. The van der Waals surface area contributed by atoms with Gasteiger partial charge in [-0.1, -0.05) is 12.8 Å². The van der Waals surface area contributed by atoms with Crippen LogP contribution < -0.4 is 0 Å². The van der Waals surface area contributed by atoms with Crippen molar-refractivity contribution in [3.63, 3.8) is 0 Å². The summed E-state index contributed by atoms with van der Waals surface area (Å²) in [6.45, 7) is 0. The molecule has 2 amide bonds. The van der Waals surface area contributed by atoms with Crippen LogP contribution in [0.15, 0.2) is 0 Å². The fourth-order valence-corrected chi connectivity index (χ4v) is 2.33. The zero-order valence-corrected chi connectivity index (χ0v) is 7.25. The van der Waals surface area contributed by atoms with E-state index >= 15 is 0 Å². The van der Waals surface area contributed by atoms with Crippen LogP contribution in [-0.2, 0) is 9.59 Å². The Morgan fingerprint density at radius 3 is 1.92 bits per heavy atom. The molecule has 1 aliphatic carbocycles. The van der Waals surface area contributed by atoms with Gasteiger partial charge >= 0.3 is 0 Å². The standard InChI is InChI=1S/C9H13NO2/c1-10-8(11)6-4-2-3-5-7(6)9(10)12/h6-7H,2-5H2,1H3/t6-,7+. The molecule has 2 atom stereocenters. The minimum atomic E-state index is 0.0243. The molecule has 12 heavy (non-hydrogen) atoms. The molecule has 1 saturated carbocycles. The van der Waals surface area contributed by atoms with Crippen LogP contribution in [0.25, 0.3) is 0 Å². The average Bonchev–Trinajstić information content (AvgIpc) is 2.33. The van der Waals surface area contributed by atoms with Gasteiger partial charge in [0.25, 0.3) is 0 Å². The Labute approximate surface area is 71.7 Å². The second kappa shape index (κ2) is 2.57. The molecular formula is C9H13NO2. The van der Waals surface area contributed by atoms with Crippen LogP contribution in [0.2, 0.25) is 0 Å². The molecule has 66 valence electrons. The Hall–Kier alpha value is -0.860. The first-order valence-corrected chi connectivity index (χ1v) is 4.53. The van der Waals surface area contributed by atoms with E-state index in [1.165, 1.54) is 4.90 Å². The molecule has 3 nitrogen and oxygen atoms in total. The van der Waals surface area contributed by atoms with Gasteiger partial charge in [0.1, 0.15) is 0 Å². The quantitative estimate of drug-likeness (QED) is 0.500. The SMILES string of the molecule is CN1C(=O)[C@H]2CCCC[C@H]2C1=O. The summed E-state index contributed by atoms with van der Waals surface area (Å²) in [6.07, 6.45) is 4.04. The van der Waals surface area contributed by atoms with Crippen molar-refractivity contribution < 1.29 is 9.59 Å². The number of carbonyl (C=O) groups is 2. The van der Waals surface area contributed by atoms with Crippen molar-refractivity contribution >= 4 is 11.8 Å². The monoisotopic (exact) mass is 167 g/mol. The van der Waals surface area contributed by atoms with Crippen molar-refractivity contribution in [3.05, 3.63) is 0 Å². The third-order valence-corrected chi connectivity index (χ3v) is 3.06. The molecule has 0 radical (unpaired) electrons. The maximum absolute atomic E-state index is 11.5. The predicted molar refractivity (Wildman–Crippen MR) is 43.2 cm³/mol. The predicted octanol–water partition coefficient (Wildman–Crippen LogP) is 0.791. The number of hydrogen-bond acceptors (Lipinski definition) is 2. The van der Waals surface area contributed by atoms with Gasteiger partial charge in [-0.25, -0.2) is 0 Å². The molecule has 0 aromatic rings. The first-order valence-electron chi connectivity index (χ1n) is 4.53. The van der Waals surface area contributed by atoms with E-state index in [2.05, 4.69) is 0 Å². The fourth-order valence-electron chi connectivity index (χ4n) is 2.33. The minimum Gasteiger partial charge on any atom is -0.285 e. The zero-order chi connectivity index (χ0) is 8.72. The Morgan fingerprint density at radius 1 is 1.08 bits per heavy atom. The number of imide groups is 1. The van der Waals surface area contributed by atoms with Gasteiger partial charge in [0, 0.05) is 7.05 Å². The van der Waals surface area contributed by atoms with Crippen molar-refractivity contribution in [2.24, 2.45) is 11.8 Å². The van der Waals surface area contributed by atoms with Crippen molar-refractivity contribution in [2.75, 3.05) is 7.05 Å². The lowest BCUT2D eigenvalue weighted by Gasteiger charge is -2.19. The van der Waals surface area contributed by atoms with Crippen molar-refractivity contribution in [1.82, 2.24) is 4.90 Å². The van der Waals surface area contributed by atoms with Gasteiger partial charge in [-0.2, -0.15) is 0 Å². The molecule has 2 rings (SSSR count). The van der Waals surface area contributed by atoms with Crippen LogP contribution >= 0.6 is 0 Å². The van der Waals surface area contributed by atoms with Crippen LogP contribution in [0, 0.1) is 11.8 Å². The van der Waals surface area contributed by atoms with E-state index in [1.807, 2.05) is 0 Å². The van der Waals surface area contributed by atoms with E-state index in [4.69, 9.17) is 0 Å². The number of fused-ring (bicyclic) bond motifs is 1. The highest BCUT2D eigenvalue weighted by Gasteiger charge is 2.46. The molecule has 3 heteroatoms. The topological polar surface area (TPSA) is 37.4 Å². The number of amides is 2. The summed E-state index contributed by atoms with van der Waals surface area (Å²) >= 11 is 0. The van der Waals surface area contributed by atoms with E-state index in [0.29, 0.717) is 0 Å². The molecule has 1 saturated heterocycles. The summed E-state index contributed by atoms with van der Waals surface area (Å²) in [7, 11) is 1.60. The first-order chi connectivity index (χ1) is 5.72. The van der Waals surface area contributed by atoms with E-state index in [9.17, 15) is 9.59 Å². The zero-order valence-electron chi connectivity index (χ0n) is 7.25. The maximum Gasteiger partial charge on any atom is 0.232 e. The van der Waals surface area contributed by atoms with Crippen molar-refractivity contribution in [3.8, 4) is 0 Å². The molecule has 0 aromatic heterocycles. The van der Waals surface area contributed by atoms with E-state index in [0.717, 1.165) is 25.7 Å². The molecule has 0 bridgehead atoms. The van der Waals surface area contributed by atoms with Gasteiger partial charge in [0.05, 0.1) is 11.8 Å². The number of rotatable bonds is 0. The summed E-state index contributed by atoms with van der Waals surface area (Å²) in [5.74, 6) is 0.141. The summed E-state index contributed by atoms with van der Waals surface area (Å²) in [5.41, 5.74) is 0. The van der Waals surface area contributed by atoms with Gasteiger partial charge in [0.2, 0.25) is 11.8 Å². The summed E-state index contributed by atoms with van der Waals surface area (Å²) in [5, 5.41) is 0. The second-order valence-electron chi connectivity index (χ2n) is 3.73.